The van der Waals surface area contributed by atoms with E-state index in [0.717, 1.165) is 56.1 Å². The summed E-state index contributed by atoms with van der Waals surface area (Å²) in [6.45, 7) is 7.78. The van der Waals surface area contributed by atoms with Gasteiger partial charge in [-0.3, -0.25) is 4.90 Å². The van der Waals surface area contributed by atoms with Crippen molar-refractivity contribution in [3.63, 3.8) is 0 Å². The Morgan fingerprint density at radius 3 is 2.89 bits per heavy atom. The summed E-state index contributed by atoms with van der Waals surface area (Å²) in [5, 5.41) is 0. The molecule has 0 aliphatic carbocycles. The van der Waals surface area contributed by atoms with Gasteiger partial charge in [0.05, 0.1) is 19.8 Å². The van der Waals surface area contributed by atoms with Crippen LogP contribution in [0.5, 0.6) is 5.75 Å². The molecule has 0 saturated carbocycles. The smallest absolute Gasteiger partial charge is 0.123 e. The molecule has 4 heteroatoms. The van der Waals surface area contributed by atoms with Gasteiger partial charge >= 0.3 is 0 Å². The molecule has 0 radical (unpaired) electrons. The lowest BCUT2D eigenvalue weighted by molar-refractivity contribution is 0.0358. The fourth-order valence-corrected chi connectivity index (χ4v) is 2.36. The van der Waals surface area contributed by atoms with Crippen LogP contribution in [0.4, 0.5) is 0 Å². The van der Waals surface area contributed by atoms with Crippen molar-refractivity contribution in [1.82, 2.24) is 4.90 Å². The standard InChI is InChI=1S/C14H20BrNO2/c1-12-3-4-13(15)11-14(12)18-8-2-5-16-6-9-17-10-7-16/h3-4,11H,2,5-10H2,1H3. The second-order valence-electron chi connectivity index (χ2n) is 4.57. The lowest BCUT2D eigenvalue weighted by atomic mass is 10.2. The fraction of sp³-hybridized carbons (Fsp3) is 0.571. The number of hydrogen-bond donors (Lipinski definition) is 0. The molecule has 2 rings (SSSR count). The molecular formula is C14H20BrNO2. The number of benzene rings is 1. The van der Waals surface area contributed by atoms with Crippen molar-refractivity contribution in [2.45, 2.75) is 13.3 Å². The highest BCUT2D eigenvalue weighted by Gasteiger charge is 2.09. The molecule has 1 aromatic carbocycles. The summed E-state index contributed by atoms with van der Waals surface area (Å²) in [7, 11) is 0. The molecule has 1 heterocycles. The van der Waals surface area contributed by atoms with Crippen LogP contribution in [0.2, 0.25) is 0 Å². The molecule has 0 bridgehead atoms. The predicted molar refractivity (Wildman–Crippen MR) is 76.3 cm³/mol. The Morgan fingerprint density at radius 1 is 1.33 bits per heavy atom. The van der Waals surface area contributed by atoms with Crippen LogP contribution in [-0.4, -0.2) is 44.4 Å². The number of halogens is 1. The summed E-state index contributed by atoms with van der Waals surface area (Å²) in [4.78, 5) is 2.43. The molecule has 1 saturated heterocycles. The molecule has 0 N–H and O–H groups in total. The largest absolute Gasteiger partial charge is 0.493 e. The van der Waals surface area contributed by atoms with Gasteiger partial charge in [-0.15, -0.1) is 0 Å². The summed E-state index contributed by atoms with van der Waals surface area (Å²) in [6, 6.07) is 6.14. The Balaban J connectivity index is 1.69. The molecular weight excluding hydrogens is 294 g/mol. The first kappa shape index (κ1) is 13.8. The maximum Gasteiger partial charge on any atom is 0.123 e. The number of morpholine rings is 1. The molecule has 0 spiro atoms. The molecule has 0 amide bonds. The predicted octanol–water partition coefficient (Wildman–Crippen LogP) is 2.86. The fourth-order valence-electron chi connectivity index (χ4n) is 2.02. The SMILES string of the molecule is Cc1ccc(Br)cc1OCCCN1CCOCC1. The van der Waals surface area contributed by atoms with Gasteiger partial charge in [-0.1, -0.05) is 22.0 Å². The molecule has 0 aromatic heterocycles. The number of rotatable bonds is 5. The Kier molecular flexibility index (Phi) is 5.47. The van der Waals surface area contributed by atoms with E-state index in [1.165, 1.54) is 5.56 Å². The van der Waals surface area contributed by atoms with E-state index in [4.69, 9.17) is 9.47 Å². The van der Waals surface area contributed by atoms with Crippen molar-refractivity contribution in [2.24, 2.45) is 0 Å². The molecule has 1 aliphatic heterocycles. The van der Waals surface area contributed by atoms with Crippen molar-refractivity contribution in [2.75, 3.05) is 39.5 Å². The van der Waals surface area contributed by atoms with Gasteiger partial charge in [0, 0.05) is 24.1 Å². The highest BCUT2D eigenvalue weighted by atomic mass is 79.9. The molecule has 0 unspecified atom stereocenters. The van der Waals surface area contributed by atoms with E-state index in [0.29, 0.717) is 0 Å². The van der Waals surface area contributed by atoms with Crippen LogP contribution >= 0.6 is 15.9 Å². The van der Waals surface area contributed by atoms with E-state index in [1.54, 1.807) is 0 Å². The molecule has 1 aliphatic rings. The van der Waals surface area contributed by atoms with Crippen molar-refractivity contribution >= 4 is 15.9 Å². The lowest BCUT2D eigenvalue weighted by Gasteiger charge is -2.26. The quantitative estimate of drug-likeness (QED) is 0.780. The first-order valence-corrected chi connectivity index (χ1v) is 7.24. The second-order valence-corrected chi connectivity index (χ2v) is 5.48. The van der Waals surface area contributed by atoms with E-state index in [2.05, 4.69) is 33.8 Å². The Bertz CT molecular complexity index is 378. The van der Waals surface area contributed by atoms with E-state index in [9.17, 15) is 0 Å². The maximum atomic E-state index is 5.82. The normalized spacial score (nSPS) is 16.8. The average molecular weight is 314 g/mol. The Labute approximate surface area is 117 Å². The van der Waals surface area contributed by atoms with Gasteiger partial charge in [0.25, 0.3) is 0 Å². The van der Waals surface area contributed by atoms with Crippen LogP contribution in [0, 0.1) is 6.92 Å². The van der Waals surface area contributed by atoms with Crippen molar-refractivity contribution < 1.29 is 9.47 Å². The van der Waals surface area contributed by atoms with Gasteiger partial charge in [-0.25, -0.2) is 0 Å². The molecule has 18 heavy (non-hydrogen) atoms. The summed E-state index contributed by atoms with van der Waals surface area (Å²) in [5.74, 6) is 0.978. The van der Waals surface area contributed by atoms with Gasteiger partial charge in [-0.2, -0.15) is 0 Å². The van der Waals surface area contributed by atoms with Gasteiger partial charge in [-0.05, 0) is 31.0 Å². The summed E-state index contributed by atoms with van der Waals surface area (Å²) < 4.78 is 12.2. The minimum Gasteiger partial charge on any atom is -0.493 e. The average Bonchev–Trinajstić information content (AvgIpc) is 2.40. The van der Waals surface area contributed by atoms with E-state index >= 15 is 0 Å². The number of aryl methyl sites for hydroxylation is 1. The first-order chi connectivity index (χ1) is 8.75. The van der Waals surface area contributed by atoms with Crippen molar-refractivity contribution in [1.29, 1.82) is 0 Å². The van der Waals surface area contributed by atoms with E-state index < -0.39 is 0 Å². The highest BCUT2D eigenvalue weighted by molar-refractivity contribution is 9.10. The molecule has 1 aromatic rings. The molecule has 100 valence electrons. The van der Waals surface area contributed by atoms with Crippen molar-refractivity contribution in [3.05, 3.63) is 28.2 Å². The second kappa shape index (κ2) is 7.12. The topological polar surface area (TPSA) is 21.7 Å². The molecule has 1 fully saturated rings. The minimum atomic E-state index is 0.772. The zero-order valence-electron chi connectivity index (χ0n) is 10.8. The molecule has 3 nitrogen and oxygen atoms in total. The third-order valence-corrected chi connectivity index (χ3v) is 3.62. The number of hydrogen-bond acceptors (Lipinski definition) is 3. The third-order valence-electron chi connectivity index (χ3n) is 3.13. The Hall–Kier alpha value is -0.580. The Morgan fingerprint density at radius 2 is 2.11 bits per heavy atom. The number of nitrogens with zero attached hydrogens (tertiary/aromatic N) is 1. The zero-order valence-corrected chi connectivity index (χ0v) is 12.4. The summed E-state index contributed by atoms with van der Waals surface area (Å²) in [6.07, 6.45) is 1.06. The van der Waals surface area contributed by atoms with Crippen LogP contribution in [0.3, 0.4) is 0 Å². The third kappa shape index (κ3) is 4.26. The van der Waals surface area contributed by atoms with E-state index in [-0.39, 0.29) is 0 Å². The minimum absolute atomic E-state index is 0.772. The lowest BCUT2D eigenvalue weighted by Crippen LogP contribution is -2.37. The maximum absolute atomic E-state index is 5.82. The number of ether oxygens (including phenoxy) is 2. The van der Waals surface area contributed by atoms with Gasteiger partial charge < -0.3 is 9.47 Å². The van der Waals surface area contributed by atoms with Crippen LogP contribution < -0.4 is 4.74 Å². The van der Waals surface area contributed by atoms with E-state index in [1.807, 2.05) is 12.1 Å². The summed E-state index contributed by atoms with van der Waals surface area (Å²) >= 11 is 3.47. The monoisotopic (exact) mass is 313 g/mol. The van der Waals surface area contributed by atoms with Gasteiger partial charge in [0.2, 0.25) is 0 Å². The summed E-state index contributed by atoms with van der Waals surface area (Å²) in [5.41, 5.74) is 1.18. The van der Waals surface area contributed by atoms with Crippen LogP contribution in [-0.2, 0) is 4.74 Å². The van der Waals surface area contributed by atoms with Gasteiger partial charge in [0.15, 0.2) is 0 Å². The van der Waals surface area contributed by atoms with Gasteiger partial charge in [0.1, 0.15) is 5.75 Å². The van der Waals surface area contributed by atoms with Crippen LogP contribution in [0.1, 0.15) is 12.0 Å². The first-order valence-electron chi connectivity index (χ1n) is 6.45. The zero-order chi connectivity index (χ0) is 12.8. The highest BCUT2D eigenvalue weighted by Crippen LogP contribution is 2.22. The van der Waals surface area contributed by atoms with Crippen LogP contribution in [0.25, 0.3) is 0 Å². The van der Waals surface area contributed by atoms with Crippen molar-refractivity contribution in [3.8, 4) is 5.75 Å². The molecule has 0 atom stereocenters. The van der Waals surface area contributed by atoms with Crippen LogP contribution in [0.15, 0.2) is 22.7 Å².